The molecule has 0 fully saturated rings. The van der Waals surface area contributed by atoms with Gasteiger partial charge in [0, 0.05) is 36.8 Å². The second-order valence-electron chi connectivity index (χ2n) is 9.53. The number of nitrogens with zero attached hydrogens (tertiary/aromatic N) is 3. The molecule has 3 atom stereocenters. The highest BCUT2D eigenvalue weighted by Gasteiger charge is 2.36. The van der Waals surface area contributed by atoms with Gasteiger partial charge < -0.3 is 14.7 Å². The van der Waals surface area contributed by atoms with Gasteiger partial charge in [-0.3, -0.25) is 4.79 Å². The summed E-state index contributed by atoms with van der Waals surface area (Å²) in [7, 11) is -2.80. The van der Waals surface area contributed by atoms with Crippen LogP contribution >= 0.6 is 0 Å². The fourth-order valence-electron chi connectivity index (χ4n) is 4.23. The molecule has 0 unspecified atom stereocenters. The first kappa shape index (κ1) is 28.2. The number of pyridine rings is 1. The van der Waals surface area contributed by atoms with E-state index in [9.17, 15) is 22.7 Å². The van der Waals surface area contributed by atoms with E-state index in [1.807, 2.05) is 37.3 Å². The molecule has 1 amide bonds. The molecule has 0 aliphatic carbocycles. The molecule has 10 heteroatoms. The van der Waals surface area contributed by atoms with Gasteiger partial charge in [-0.15, -0.1) is 0 Å². The van der Waals surface area contributed by atoms with E-state index in [2.05, 4.69) is 16.8 Å². The normalized spacial score (nSPS) is 18.3. The number of ether oxygens (including phenoxy) is 1. The van der Waals surface area contributed by atoms with Crippen LogP contribution in [-0.4, -0.2) is 72.5 Å². The SMILES string of the molecule is C[C@H]1CN([C@@H](C)CO)C(=O)c2cc(C#Cc3ccccc3)cnc2O[C@@H]1CN(C)S(=O)(=O)c1ccccc1F. The minimum atomic E-state index is -4.16. The summed E-state index contributed by atoms with van der Waals surface area (Å²) in [6.07, 6.45) is 0.760. The number of sulfonamides is 1. The minimum absolute atomic E-state index is 0.0358. The van der Waals surface area contributed by atoms with Gasteiger partial charge in [0.25, 0.3) is 5.91 Å². The lowest BCUT2D eigenvalue weighted by atomic mass is 10.0. The molecule has 2 heterocycles. The van der Waals surface area contributed by atoms with Gasteiger partial charge in [-0.25, -0.2) is 17.8 Å². The quantitative estimate of drug-likeness (QED) is 0.473. The zero-order valence-electron chi connectivity index (χ0n) is 21.9. The second kappa shape index (κ2) is 11.9. The van der Waals surface area contributed by atoms with Crippen LogP contribution in [0.2, 0.25) is 0 Å². The maximum atomic E-state index is 14.3. The zero-order chi connectivity index (χ0) is 28.2. The Morgan fingerprint density at radius 3 is 2.51 bits per heavy atom. The summed E-state index contributed by atoms with van der Waals surface area (Å²) in [6, 6.07) is 15.6. The van der Waals surface area contributed by atoms with Crippen LogP contribution in [-0.2, 0) is 10.0 Å². The molecule has 3 aromatic rings. The predicted molar refractivity (Wildman–Crippen MR) is 144 cm³/mol. The summed E-state index contributed by atoms with van der Waals surface area (Å²) in [4.78, 5) is 19.0. The van der Waals surface area contributed by atoms with Crippen molar-refractivity contribution >= 4 is 15.9 Å². The fourth-order valence-corrected chi connectivity index (χ4v) is 5.47. The van der Waals surface area contributed by atoms with Gasteiger partial charge in [-0.2, -0.15) is 4.31 Å². The monoisotopic (exact) mass is 551 g/mol. The van der Waals surface area contributed by atoms with Gasteiger partial charge in [0.2, 0.25) is 15.9 Å². The molecule has 1 aliphatic rings. The molecule has 1 aliphatic heterocycles. The summed E-state index contributed by atoms with van der Waals surface area (Å²) in [5, 5.41) is 9.85. The lowest BCUT2D eigenvalue weighted by Crippen LogP contribution is -2.50. The molecule has 0 spiro atoms. The molecule has 0 bridgehead atoms. The van der Waals surface area contributed by atoms with Gasteiger partial charge in [-0.05, 0) is 37.3 Å². The average Bonchev–Trinajstić information content (AvgIpc) is 2.94. The smallest absolute Gasteiger partial charge is 0.259 e. The first-order valence-electron chi connectivity index (χ1n) is 12.5. The topological polar surface area (TPSA) is 100 Å². The van der Waals surface area contributed by atoms with Gasteiger partial charge in [-0.1, -0.05) is 49.1 Å². The Hall–Kier alpha value is -3.78. The number of likely N-dealkylation sites (N-methyl/N-ethyl adjacent to an activating group) is 1. The average molecular weight is 552 g/mol. The number of carbonyl (C=O) groups excluding carboxylic acids is 1. The number of fused-ring (bicyclic) bond motifs is 1. The van der Waals surface area contributed by atoms with Crippen LogP contribution in [0.3, 0.4) is 0 Å². The van der Waals surface area contributed by atoms with Crippen LogP contribution in [0.1, 0.15) is 35.3 Å². The number of rotatable bonds is 6. The van der Waals surface area contributed by atoms with Gasteiger partial charge in [0.15, 0.2) is 0 Å². The maximum absolute atomic E-state index is 14.3. The largest absolute Gasteiger partial charge is 0.472 e. The van der Waals surface area contributed by atoms with E-state index in [-0.39, 0.29) is 43.0 Å². The van der Waals surface area contributed by atoms with E-state index in [0.717, 1.165) is 15.9 Å². The summed E-state index contributed by atoms with van der Waals surface area (Å²) < 4.78 is 47.8. The van der Waals surface area contributed by atoms with Crippen LogP contribution in [0.25, 0.3) is 0 Å². The lowest BCUT2D eigenvalue weighted by molar-refractivity contribution is 0.0373. The van der Waals surface area contributed by atoms with Crippen LogP contribution in [0.4, 0.5) is 4.39 Å². The van der Waals surface area contributed by atoms with E-state index in [1.165, 1.54) is 36.3 Å². The van der Waals surface area contributed by atoms with Crippen molar-refractivity contribution in [2.45, 2.75) is 30.9 Å². The van der Waals surface area contributed by atoms with Gasteiger partial charge in [0.1, 0.15) is 22.4 Å². The molecule has 39 heavy (non-hydrogen) atoms. The summed E-state index contributed by atoms with van der Waals surface area (Å²) >= 11 is 0. The lowest BCUT2D eigenvalue weighted by Gasteiger charge is -2.37. The number of carbonyl (C=O) groups is 1. The first-order chi connectivity index (χ1) is 18.6. The first-order valence-corrected chi connectivity index (χ1v) is 13.9. The number of aliphatic hydroxyl groups is 1. The highest BCUT2D eigenvalue weighted by Crippen LogP contribution is 2.28. The van der Waals surface area contributed by atoms with Crippen LogP contribution < -0.4 is 4.74 Å². The number of halogens is 1. The van der Waals surface area contributed by atoms with Crippen LogP contribution in [0, 0.1) is 23.6 Å². The van der Waals surface area contributed by atoms with Crippen molar-refractivity contribution in [3.63, 3.8) is 0 Å². The van der Waals surface area contributed by atoms with E-state index in [0.29, 0.717) is 5.56 Å². The predicted octanol–water partition coefficient (Wildman–Crippen LogP) is 3.16. The van der Waals surface area contributed by atoms with Crippen molar-refractivity contribution in [3.05, 3.63) is 89.4 Å². The van der Waals surface area contributed by atoms with Gasteiger partial charge in [0.05, 0.1) is 19.2 Å². The Morgan fingerprint density at radius 2 is 1.82 bits per heavy atom. The third-order valence-corrected chi connectivity index (χ3v) is 8.46. The highest BCUT2D eigenvalue weighted by molar-refractivity contribution is 7.89. The zero-order valence-corrected chi connectivity index (χ0v) is 22.7. The van der Waals surface area contributed by atoms with Crippen molar-refractivity contribution in [2.75, 3.05) is 26.7 Å². The molecule has 0 saturated carbocycles. The standard InChI is InChI=1S/C29H30FN3O5S/c1-20-17-33(21(2)19-34)29(35)24-15-23(14-13-22-9-5-4-6-10-22)16-31-28(24)38-26(20)18-32(3)39(36,37)27-12-8-7-11-25(27)30/h4-12,15-16,20-21,26,34H,17-19H2,1-3H3/t20-,21-,26+/m0/s1. The second-order valence-corrected chi connectivity index (χ2v) is 11.5. The maximum Gasteiger partial charge on any atom is 0.259 e. The highest BCUT2D eigenvalue weighted by atomic mass is 32.2. The fraction of sp³-hybridized carbons (Fsp3) is 0.310. The Morgan fingerprint density at radius 1 is 1.15 bits per heavy atom. The molecular formula is C29H30FN3O5S. The van der Waals surface area contributed by atoms with E-state index in [1.54, 1.807) is 13.0 Å². The number of aromatic nitrogens is 1. The van der Waals surface area contributed by atoms with Crippen molar-refractivity contribution in [1.29, 1.82) is 0 Å². The van der Waals surface area contributed by atoms with E-state index < -0.39 is 32.9 Å². The molecule has 8 nitrogen and oxygen atoms in total. The molecule has 204 valence electrons. The number of hydrogen-bond acceptors (Lipinski definition) is 6. The molecule has 2 aromatic carbocycles. The third kappa shape index (κ3) is 6.28. The Labute approximate surface area is 228 Å². The molecule has 0 saturated heterocycles. The van der Waals surface area contributed by atoms with Crippen molar-refractivity contribution in [1.82, 2.24) is 14.2 Å². The summed E-state index contributed by atoms with van der Waals surface area (Å²) in [6.45, 7) is 3.36. The molecule has 1 aromatic heterocycles. The Bertz CT molecular complexity index is 1500. The summed E-state index contributed by atoms with van der Waals surface area (Å²) in [5.74, 6) is 4.51. The van der Waals surface area contributed by atoms with Gasteiger partial charge >= 0.3 is 0 Å². The number of amides is 1. The number of aliphatic hydroxyl groups excluding tert-OH is 1. The van der Waals surface area contributed by atoms with Crippen LogP contribution in [0.5, 0.6) is 5.88 Å². The van der Waals surface area contributed by atoms with Crippen molar-refractivity contribution < 1.29 is 27.4 Å². The van der Waals surface area contributed by atoms with E-state index >= 15 is 0 Å². The number of hydrogen-bond donors (Lipinski definition) is 1. The minimum Gasteiger partial charge on any atom is -0.472 e. The third-order valence-electron chi connectivity index (χ3n) is 6.61. The van der Waals surface area contributed by atoms with E-state index in [4.69, 9.17) is 4.74 Å². The molecule has 1 N–H and O–H groups in total. The van der Waals surface area contributed by atoms with Crippen molar-refractivity contribution in [2.24, 2.45) is 5.92 Å². The van der Waals surface area contributed by atoms with Crippen molar-refractivity contribution in [3.8, 4) is 17.7 Å². The van der Waals surface area contributed by atoms with Crippen LogP contribution in [0.15, 0.2) is 71.8 Å². The Kier molecular flexibility index (Phi) is 8.65. The number of benzene rings is 2. The molecular weight excluding hydrogens is 521 g/mol. The molecule has 0 radical (unpaired) electrons. The Balaban J connectivity index is 1.69. The molecule has 4 rings (SSSR count). The summed E-state index contributed by atoms with van der Waals surface area (Å²) in [5.41, 5.74) is 1.46.